The maximum Gasteiger partial charge on any atom is 0.271 e. The Kier molecular flexibility index (Phi) is 4.53. The van der Waals surface area contributed by atoms with E-state index in [-0.39, 0.29) is 11.4 Å². The van der Waals surface area contributed by atoms with E-state index in [1.54, 1.807) is 6.92 Å². The van der Waals surface area contributed by atoms with Crippen LogP contribution in [0.5, 0.6) is 0 Å². The van der Waals surface area contributed by atoms with Gasteiger partial charge in [0.25, 0.3) is 11.6 Å². The summed E-state index contributed by atoms with van der Waals surface area (Å²) in [6.07, 6.45) is 0. The van der Waals surface area contributed by atoms with Gasteiger partial charge >= 0.3 is 0 Å². The summed E-state index contributed by atoms with van der Waals surface area (Å²) in [5.41, 5.74) is 0.833. The van der Waals surface area contributed by atoms with Crippen LogP contribution < -0.4 is 5.32 Å². The molecular weight excluding hydrogens is 345 g/mol. The summed E-state index contributed by atoms with van der Waals surface area (Å²) in [6, 6.07) is 12.3. The molecule has 6 nitrogen and oxygen atoms in total. The molecule has 0 aliphatic rings. The number of nitrogens with zero attached hydrogens (tertiary/aromatic N) is 2. The highest BCUT2D eigenvalue weighted by Crippen LogP contribution is 2.29. The fourth-order valence-corrected chi connectivity index (χ4v) is 3.18. The highest BCUT2D eigenvalue weighted by atomic mass is 32.1. The van der Waals surface area contributed by atoms with Crippen LogP contribution in [0.25, 0.3) is 10.6 Å². The molecule has 0 spiro atoms. The van der Waals surface area contributed by atoms with Crippen molar-refractivity contribution in [2.45, 2.75) is 6.92 Å². The Morgan fingerprint density at radius 1 is 1.24 bits per heavy atom. The maximum atomic E-state index is 13.8. The fraction of sp³-hybridized carbons (Fsp3) is 0.0588. The second kappa shape index (κ2) is 6.78. The van der Waals surface area contributed by atoms with Crippen LogP contribution in [0.3, 0.4) is 0 Å². The molecule has 0 unspecified atom stereocenters. The third-order valence-corrected chi connectivity index (χ3v) is 4.64. The van der Waals surface area contributed by atoms with Crippen LogP contribution in [0.15, 0.2) is 48.5 Å². The summed E-state index contributed by atoms with van der Waals surface area (Å²) in [5.74, 6) is -1.30. The van der Waals surface area contributed by atoms with Crippen molar-refractivity contribution in [3.05, 3.63) is 75.0 Å². The first kappa shape index (κ1) is 16.7. The predicted octanol–water partition coefficient (Wildman–Crippen LogP) is 4.42. The highest BCUT2D eigenvalue weighted by Gasteiger charge is 2.19. The van der Waals surface area contributed by atoms with Crippen molar-refractivity contribution in [2.24, 2.45) is 0 Å². The first-order chi connectivity index (χ1) is 12.0. The Morgan fingerprint density at radius 3 is 2.64 bits per heavy atom. The summed E-state index contributed by atoms with van der Waals surface area (Å²) >= 11 is 1.18. The molecule has 1 amide bonds. The smallest absolute Gasteiger partial charge is 0.271 e. The predicted molar refractivity (Wildman–Crippen MR) is 93.3 cm³/mol. The third-order valence-electron chi connectivity index (χ3n) is 3.43. The Morgan fingerprint density at radius 2 is 1.96 bits per heavy atom. The fourth-order valence-electron chi connectivity index (χ4n) is 2.21. The maximum absolute atomic E-state index is 13.8. The Labute approximate surface area is 146 Å². The van der Waals surface area contributed by atoms with Gasteiger partial charge in [-0.3, -0.25) is 14.9 Å². The van der Waals surface area contributed by atoms with E-state index in [9.17, 15) is 19.3 Å². The number of hydrogen-bond donors (Lipinski definition) is 1. The molecule has 0 aliphatic heterocycles. The number of nitro benzene ring substituents is 1. The molecule has 0 aliphatic carbocycles. The molecule has 0 saturated heterocycles. The molecular formula is C17H12FN3O3S. The minimum absolute atomic E-state index is 0.242. The normalized spacial score (nSPS) is 10.5. The average molecular weight is 357 g/mol. The molecule has 8 heteroatoms. The van der Waals surface area contributed by atoms with Crippen LogP contribution in [0.4, 0.5) is 15.8 Å². The summed E-state index contributed by atoms with van der Waals surface area (Å²) in [6.45, 7) is 1.68. The number of aryl methyl sites for hydroxylation is 1. The van der Waals surface area contributed by atoms with Gasteiger partial charge in [0.2, 0.25) is 0 Å². The molecule has 0 bridgehead atoms. The Balaban J connectivity index is 1.89. The molecule has 1 heterocycles. The summed E-state index contributed by atoms with van der Waals surface area (Å²) in [5, 5.41) is 13.8. The first-order valence-electron chi connectivity index (χ1n) is 7.24. The van der Waals surface area contributed by atoms with Gasteiger partial charge < -0.3 is 5.32 Å². The van der Waals surface area contributed by atoms with Crippen molar-refractivity contribution in [1.82, 2.24) is 4.98 Å². The molecule has 25 heavy (non-hydrogen) atoms. The molecule has 1 aromatic heterocycles. The van der Waals surface area contributed by atoms with Crippen LogP contribution in [-0.2, 0) is 0 Å². The number of hydrogen-bond acceptors (Lipinski definition) is 5. The zero-order valence-electron chi connectivity index (χ0n) is 13.0. The molecule has 1 N–H and O–H groups in total. The van der Waals surface area contributed by atoms with Gasteiger partial charge in [0, 0.05) is 17.7 Å². The first-order valence-corrected chi connectivity index (χ1v) is 8.05. The van der Waals surface area contributed by atoms with E-state index >= 15 is 0 Å². The number of nitrogens with one attached hydrogen (secondary N) is 1. The number of aromatic nitrogens is 1. The van der Waals surface area contributed by atoms with E-state index in [2.05, 4.69) is 10.3 Å². The SMILES string of the molecule is Cc1nc(-c2ccccc2)sc1C(=O)Nc1cc([N+](=O)[O-])ccc1F. The summed E-state index contributed by atoms with van der Waals surface area (Å²) in [7, 11) is 0. The number of thiazole rings is 1. The molecule has 126 valence electrons. The highest BCUT2D eigenvalue weighted by molar-refractivity contribution is 7.17. The number of carbonyl (C=O) groups excluding carboxylic acids is 1. The number of anilines is 1. The third kappa shape index (κ3) is 3.53. The summed E-state index contributed by atoms with van der Waals surface area (Å²) in [4.78, 5) is 27.3. The molecule has 2 aromatic carbocycles. The largest absolute Gasteiger partial charge is 0.318 e. The Bertz CT molecular complexity index is 957. The zero-order chi connectivity index (χ0) is 18.0. The van der Waals surface area contributed by atoms with Crippen molar-refractivity contribution >= 4 is 28.6 Å². The van der Waals surface area contributed by atoms with Gasteiger partial charge in [0.05, 0.1) is 16.3 Å². The van der Waals surface area contributed by atoms with Gasteiger partial charge in [-0.15, -0.1) is 11.3 Å². The molecule has 0 atom stereocenters. The number of halogens is 1. The van der Waals surface area contributed by atoms with E-state index in [1.807, 2.05) is 30.3 Å². The van der Waals surface area contributed by atoms with Crippen LogP contribution in [0, 0.1) is 22.9 Å². The monoisotopic (exact) mass is 357 g/mol. The van der Waals surface area contributed by atoms with Crippen molar-refractivity contribution in [3.8, 4) is 10.6 Å². The minimum atomic E-state index is -0.746. The molecule has 3 rings (SSSR count). The number of benzene rings is 2. The van der Waals surface area contributed by atoms with Crippen LogP contribution in [0.1, 0.15) is 15.4 Å². The Hall–Kier alpha value is -3.13. The van der Waals surface area contributed by atoms with Gasteiger partial charge in [-0.25, -0.2) is 9.37 Å². The van der Waals surface area contributed by atoms with E-state index in [1.165, 1.54) is 11.3 Å². The number of non-ortho nitro benzene ring substituents is 1. The average Bonchev–Trinajstić information content (AvgIpc) is 2.99. The number of rotatable bonds is 4. The van der Waals surface area contributed by atoms with Crippen molar-refractivity contribution in [1.29, 1.82) is 0 Å². The zero-order valence-corrected chi connectivity index (χ0v) is 13.8. The number of carbonyl (C=O) groups is 1. The molecule has 0 radical (unpaired) electrons. The second-order valence-electron chi connectivity index (χ2n) is 5.17. The molecule has 0 saturated carbocycles. The van der Waals surface area contributed by atoms with Crippen LogP contribution >= 0.6 is 11.3 Å². The van der Waals surface area contributed by atoms with Crippen molar-refractivity contribution < 1.29 is 14.1 Å². The molecule has 3 aromatic rings. The number of amides is 1. The topological polar surface area (TPSA) is 85.1 Å². The van der Waals surface area contributed by atoms with E-state index in [0.717, 1.165) is 23.8 Å². The lowest BCUT2D eigenvalue weighted by atomic mass is 10.2. The van der Waals surface area contributed by atoms with E-state index < -0.39 is 16.6 Å². The standard InChI is InChI=1S/C17H12FN3O3S/c1-10-15(25-17(19-10)11-5-3-2-4-6-11)16(22)20-14-9-12(21(23)24)7-8-13(14)18/h2-9H,1H3,(H,20,22). The van der Waals surface area contributed by atoms with Crippen LogP contribution in [-0.4, -0.2) is 15.8 Å². The van der Waals surface area contributed by atoms with E-state index in [4.69, 9.17) is 0 Å². The van der Waals surface area contributed by atoms with Gasteiger partial charge in [-0.1, -0.05) is 30.3 Å². The summed E-state index contributed by atoms with van der Waals surface area (Å²) < 4.78 is 13.8. The molecule has 0 fully saturated rings. The van der Waals surface area contributed by atoms with Crippen molar-refractivity contribution in [2.75, 3.05) is 5.32 Å². The van der Waals surface area contributed by atoms with Gasteiger partial charge in [-0.05, 0) is 13.0 Å². The van der Waals surface area contributed by atoms with Crippen molar-refractivity contribution in [3.63, 3.8) is 0 Å². The lowest BCUT2D eigenvalue weighted by Crippen LogP contribution is -2.13. The lowest BCUT2D eigenvalue weighted by molar-refractivity contribution is -0.384. The van der Waals surface area contributed by atoms with Gasteiger partial charge in [0.1, 0.15) is 15.7 Å². The second-order valence-corrected chi connectivity index (χ2v) is 6.17. The lowest BCUT2D eigenvalue weighted by Gasteiger charge is -2.05. The van der Waals surface area contributed by atoms with E-state index in [0.29, 0.717) is 15.6 Å². The quantitative estimate of drug-likeness (QED) is 0.553. The van der Waals surface area contributed by atoms with Gasteiger partial charge in [0.15, 0.2) is 0 Å². The van der Waals surface area contributed by atoms with Crippen LogP contribution in [0.2, 0.25) is 0 Å². The number of nitro groups is 1. The van der Waals surface area contributed by atoms with Gasteiger partial charge in [-0.2, -0.15) is 0 Å². The minimum Gasteiger partial charge on any atom is -0.318 e.